The highest BCUT2D eigenvalue weighted by molar-refractivity contribution is 7.90. The van der Waals surface area contributed by atoms with E-state index in [9.17, 15) is 8.42 Å². The van der Waals surface area contributed by atoms with Crippen molar-refractivity contribution in [2.24, 2.45) is 0 Å². The van der Waals surface area contributed by atoms with Crippen LogP contribution < -0.4 is 0 Å². The van der Waals surface area contributed by atoms with Gasteiger partial charge in [-0.2, -0.15) is 0 Å². The van der Waals surface area contributed by atoms with E-state index in [2.05, 4.69) is 9.97 Å². The number of fused-ring (bicyclic) bond motifs is 1. The van der Waals surface area contributed by atoms with Crippen molar-refractivity contribution in [1.29, 1.82) is 0 Å². The normalized spacial score (nSPS) is 11.8. The third-order valence-electron chi connectivity index (χ3n) is 3.05. The number of aromatic nitrogens is 2. The maximum Gasteiger partial charge on any atom is 0.175 e. The Kier molecular flexibility index (Phi) is 2.64. The number of nitrogens with zero attached hydrogens (tertiary/aromatic N) is 1. The van der Waals surface area contributed by atoms with Crippen LogP contribution in [0.5, 0.6) is 0 Å². The SMILES string of the molecule is CS(=O)(=O)c1ccc(-c2ccnc3[nH]ccc23)cc1. The number of sulfone groups is 1. The molecule has 3 rings (SSSR count). The van der Waals surface area contributed by atoms with Crippen LogP contribution >= 0.6 is 0 Å². The van der Waals surface area contributed by atoms with E-state index in [1.807, 2.05) is 30.5 Å². The summed E-state index contributed by atoms with van der Waals surface area (Å²) in [6.07, 6.45) is 4.78. The Labute approximate surface area is 111 Å². The summed E-state index contributed by atoms with van der Waals surface area (Å²) in [6, 6.07) is 10.8. The van der Waals surface area contributed by atoms with Gasteiger partial charge in [0.25, 0.3) is 0 Å². The number of hydrogen-bond donors (Lipinski definition) is 1. The summed E-state index contributed by atoms with van der Waals surface area (Å²) in [4.78, 5) is 7.62. The maximum absolute atomic E-state index is 11.4. The second kappa shape index (κ2) is 4.20. The number of hydrogen-bond acceptors (Lipinski definition) is 3. The summed E-state index contributed by atoms with van der Waals surface area (Å²) in [5.74, 6) is 0. The van der Waals surface area contributed by atoms with Crippen molar-refractivity contribution in [2.75, 3.05) is 6.26 Å². The van der Waals surface area contributed by atoms with Gasteiger partial charge in [-0.25, -0.2) is 13.4 Å². The van der Waals surface area contributed by atoms with Gasteiger partial charge in [0.15, 0.2) is 9.84 Å². The van der Waals surface area contributed by atoms with Crippen LogP contribution in [0.3, 0.4) is 0 Å². The summed E-state index contributed by atoms with van der Waals surface area (Å²) >= 11 is 0. The molecule has 0 atom stereocenters. The van der Waals surface area contributed by atoms with E-state index >= 15 is 0 Å². The molecule has 0 saturated heterocycles. The van der Waals surface area contributed by atoms with Crippen molar-refractivity contribution in [3.05, 3.63) is 48.8 Å². The Hall–Kier alpha value is -2.14. The summed E-state index contributed by atoms with van der Waals surface area (Å²) < 4.78 is 22.9. The lowest BCUT2D eigenvalue weighted by atomic mass is 10.0. The van der Waals surface area contributed by atoms with Crippen molar-refractivity contribution in [2.45, 2.75) is 4.90 Å². The van der Waals surface area contributed by atoms with E-state index in [0.717, 1.165) is 22.2 Å². The molecule has 0 fully saturated rings. The van der Waals surface area contributed by atoms with Crippen LogP contribution in [-0.2, 0) is 9.84 Å². The van der Waals surface area contributed by atoms with Gasteiger partial charge in [-0.05, 0) is 35.4 Å². The average molecular weight is 272 g/mol. The largest absolute Gasteiger partial charge is 0.346 e. The van der Waals surface area contributed by atoms with E-state index in [4.69, 9.17) is 0 Å². The number of rotatable bonds is 2. The monoisotopic (exact) mass is 272 g/mol. The Balaban J connectivity index is 2.15. The second-order valence-corrected chi connectivity index (χ2v) is 6.41. The molecule has 0 aliphatic heterocycles. The Morgan fingerprint density at radius 1 is 1.05 bits per heavy atom. The molecule has 3 aromatic rings. The highest BCUT2D eigenvalue weighted by Gasteiger charge is 2.09. The summed E-state index contributed by atoms with van der Waals surface area (Å²) in [5, 5.41) is 1.02. The first-order valence-corrected chi connectivity index (χ1v) is 7.67. The van der Waals surface area contributed by atoms with Gasteiger partial charge < -0.3 is 4.98 Å². The quantitative estimate of drug-likeness (QED) is 0.780. The molecule has 2 heterocycles. The highest BCUT2D eigenvalue weighted by atomic mass is 32.2. The fourth-order valence-corrected chi connectivity index (χ4v) is 2.72. The lowest BCUT2D eigenvalue weighted by Gasteiger charge is -2.04. The minimum atomic E-state index is -3.15. The van der Waals surface area contributed by atoms with Crippen LogP contribution in [0.1, 0.15) is 0 Å². The first kappa shape index (κ1) is 11.9. The van der Waals surface area contributed by atoms with E-state index in [0.29, 0.717) is 4.90 Å². The number of aromatic amines is 1. The summed E-state index contributed by atoms with van der Waals surface area (Å²) in [6.45, 7) is 0. The minimum absolute atomic E-state index is 0.329. The fraction of sp³-hybridized carbons (Fsp3) is 0.0714. The standard InChI is InChI=1S/C14H12N2O2S/c1-19(17,18)11-4-2-10(3-5-11)12-6-8-15-14-13(12)7-9-16-14/h2-9H,1H3,(H,15,16). The van der Waals surface area contributed by atoms with Crippen LogP contribution in [-0.4, -0.2) is 24.6 Å². The summed E-state index contributed by atoms with van der Waals surface area (Å²) in [5.41, 5.74) is 2.83. The molecule has 0 aliphatic rings. The van der Waals surface area contributed by atoms with Crippen LogP contribution in [0.15, 0.2) is 53.7 Å². The molecule has 0 aliphatic carbocycles. The summed E-state index contributed by atoms with van der Waals surface area (Å²) in [7, 11) is -3.15. The number of benzene rings is 1. The molecule has 5 heteroatoms. The molecule has 1 aromatic carbocycles. The zero-order valence-electron chi connectivity index (χ0n) is 10.3. The third kappa shape index (κ3) is 2.13. The predicted octanol–water partition coefficient (Wildman–Crippen LogP) is 2.63. The molecule has 0 unspecified atom stereocenters. The van der Waals surface area contributed by atoms with E-state index in [1.54, 1.807) is 18.3 Å². The number of H-pyrrole nitrogens is 1. The van der Waals surface area contributed by atoms with Gasteiger partial charge in [0.05, 0.1) is 4.90 Å². The molecule has 0 radical (unpaired) electrons. The smallest absolute Gasteiger partial charge is 0.175 e. The molecule has 2 aromatic heterocycles. The lowest BCUT2D eigenvalue weighted by molar-refractivity contribution is 0.602. The van der Waals surface area contributed by atoms with Crippen molar-refractivity contribution < 1.29 is 8.42 Å². The van der Waals surface area contributed by atoms with E-state index < -0.39 is 9.84 Å². The van der Waals surface area contributed by atoms with Crippen LogP contribution in [0.25, 0.3) is 22.2 Å². The van der Waals surface area contributed by atoms with Crippen molar-refractivity contribution in [1.82, 2.24) is 9.97 Å². The molecule has 1 N–H and O–H groups in total. The van der Waals surface area contributed by atoms with Gasteiger partial charge >= 0.3 is 0 Å². The first-order valence-electron chi connectivity index (χ1n) is 5.78. The number of pyridine rings is 1. The molecule has 96 valence electrons. The molecular formula is C14H12N2O2S. The zero-order chi connectivity index (χ0) is 13.5. The molecular weight excluding hydrogens is 260 g/mol. The van der Waals surface area contributed by atoms with Gasteiger partial charge in [-0.1, -0.05) is 12.1 Å². The van der Waals surface area contributed by atoms with E-state index in [-0.39, 0.29) is 0 Å². The Morgan fingerprint density at radius 3 is 2.47 bits per heavy atom. The molecule has 0 spiro atoms. The van der Waals surface area contributed by atoms with Crippen molar-refractivity contribution in [3.8, 4) is 11.1 Å². The molecule has 4 nitrogen and oxygen atoms in total. The first-order chi connectivity index (χ1) is 9.05. The number of nitrogens with one attached hydrogen (secondary N) is 1. The van der Waals surface area contributed by atoms with Gasteiger partial charge in [0.2, 0.25) is 0 Å². The van der Waals surface area contributed by atoms with Crippen molar-refractivity contribution in [3.63, 3.8) is 0 Å². The Morgan fingerprint density at radius 2 is 1.79 bits per heavy atom. The third-order valence-corrected chi connectivity index (χ3v) is 4.18. The molecule has 0 bridgehead atoms. The predicted molar refractivity (Wildman–Crippen MR) is 74.6 cm³/mol. The topological polar surface area (TPSA) is 62.8 Å². The Bertz CT molecular complexity index is 833. The van der Waals surface area contributed by atoms with Gasteiger partial charge in [0, 0.05) is 24.0 Å². The molecule has 0 saturated carbocycles. The van der Waals surface area contributed by atoms with Gasteiger partial charge in [-0.3, -0.25) is 0 Å². The molecule has 0 amide bonds. The molecule has 19 heavy (non-hydrogen) atoms. The lowest BCUT2D eigenvalue weighted by Crippen LogP contribution is -1.96. The van der Waals surface area contributed by atoms with Crippen LogP contribution in [0.2, 0.25) is 0 Å². The van der Waals surface area contributed by atoms with Gasteiger partial charge in [-0.15, -0.1) is 0 Å². The second-order valence-electron chi connectivity index (χ2n) is 4.40. The minimum Gasteiger partial charge on any atom is -0.346 e. The average Bonchev–Trinajstić information content (AvgIpc) is 2.86. The maximum atomic E-state index is 11.4. The van der Waals surface area contributed by atoms with Crippen LogP contribution in [0.4, 0.5) is 0 Å². The zero-order valence-corrected chi connectivity index (χ0v) is 11.1. The van der Waals surface area contributed by atoms with Crippen LogP contribution in [0, 0.1) is 0 Å². The fourth-order valence-electron chi connectivity index (χ4n) is 2.09. The highest BCUT2D eigenvalue weighted by Crippen LogP contribution is 2.27. The van der Waals surface area contributed by atoms with Gasteiger partial charge in [0.1, 0.15) is 5.65 Å². The van der Waals surface area contributed by atoms with E-state index in [1.165, 1.54) is 6.26 Å². The van der Waals surface area contributed by atoms with Crippen molar-refractivity contribution >= 4 is 20.9 Å².